The number of anilines is 1. The molecule has 122 valence electrons. The van der Waals surface area contributed by atoms with Gasteiger partial charge in [-0.15, -0.1) is 5.10 Å². The van der Waals surface area contributed by atoms with Crippen LogP contribution in [0.3, 0.4) is 0 Å². The topological polar surface area (TPSA) is 68.0 Å². The summed E-state index contributed by atoms with van der Waals surface area (Å²) in [5.41, 5.74) is 3.52. The van der Waals surface area contributed by atoms with E-state index in [9.17, 15) is 4.79 Å². The van der Waals surface area contributed by atoms with Crippen LogP contribution < -0.4 is 5.32 Å². The summed E-state index contributed by atoms with van der Waals surface area (Å²) in [4.78, 5) is 12.3. The number of amides is 1. The van der Waals surface area contributed by atoms with Crippen LogP contribution in [0.5, 0.6) is 0 Å². The fraction of sp³-hybridized carbons (Fsp3) is 0. The highest BCUT2D eigenvalue weighted by atomic mass is 32.1. The summed E-state index contributed by atoms with van der Waals surface area (Å²) < 4.78 is 5.47. The summed E-state index contributed by atoms with van der Waals surface area (Å²) in [6, 6.07) is 19.3. The fourth-order valence-corrected chi connectivity index (χ4v) is 3.02. The van der Waals surface area contributed by atoms with Crippen LogP contribution >= 0.6 is 11.3 Å². The van der Waals surface area contributed by atoms with Gasteiger partial charge in [-0.2, -0.15) is 11.3 Å². The minimum Gasteiger partial charge on any atom is -0.403 e. The highest BCUT2D eigenvalue weighted by Gasteiger charge is 2.13. The monoisotopic (exact) mass is 347 g/mol. The summed E-state index contributed by atoms with van der Waals surface area (Å²) in [5.74, 6) is 0.0936. The largest absolute Gasteiger partial charge is 0.403 e. The van der Waals surface area contributed by atoms with Gasteiger partial charge in [0, 0.05) is 16.5 Å². The second-order valence-electron chi connectivity index (χ2n) is 5.32. The van der Waals surface area contributed by atoms with Crippen molar-refractivity contribution in [3.8, 4) is 22.6 Å². The normalized spacial score (nSPS) is 10.6. The van der Waals surface area contributed by atoms with Gasteiger partial charge in [0.2, 0.25) is 0 Å². The van der Waals surface area contributed by atoms with E-state index in [1.165, 1.54) is 11.3 Å². The van der Waals surface area contributed by atoms with Gasteiger partial charge in [-0.25, -0.2) is 0 Å². The van der Waals surface area contributed by atoms with Crippen LogP contribution in [0.25, 0.3) is 22.6 Å². The van der Waals surface area contributed by atoms with Crippen molar-refractivity contribution in [2.24, 2.45) is 0 Å². The first-order valence-electron chi connectivity index (χ1n) is 7.62. The molecule has 0 atom stereocenters. The Bertz CT molecular complexity index is 977. The molecular formula is C19H13N3O2S. The van der Waals surface area contributed by atoms with E-state index < -0.39 is 0 Å². The molecule has 5 nitrogen and oxygen atoms in total. The molecule has 4 rings (SSSR count). The first kappa shape index (κ1) is 15.3. The minimum absolute atomic E-state index is 0.0818. The lowest BCUT2D eigenvalue weighted by molar-refractivity contribution is 0.102. The molecule has 0 bridgehead atoms. The van der Waals surface area contributed by atoms with Crippen LogP contribution in [0, 0.1) is 0 Å². The Morgan fingerprint density at radius 2 is 1.64 bits per heavy atom. The van der Waals surface area contributed by atoms with E-state index >= 15 is 0 Å². The van der Waals surface area contributed by atoms with E-state index in [1.807, 2.05) is 59.3 Å². The zero-order valence-electron chi connectivity index (χ0n) is 13.0. The molecule has 0 aliphatic rings. The lowest BCUT2D eigenvalue weighted by Gasteiger charge is -2.04. The van der Waals surface area contributed by atoms with Crippen LogP contribution in [0.4, 0.5) is 6.01 Å². The molecule has 1 N–H and O–H groups in total. The van der Waals surface area contributed by atoms with Crippen molar-refractivity contribution in [1.82, 2.24) is 10.2 Å². The summed E-state index contributed by atoms with van der Waals surface area (Å²) in [6.45, 7) is 0. The number of nitrogens with zero attached hydrogens (tertiary/aromatic N) is 2. The number of aromatic nitrogens is 2. The van der Waals surface area contributed by atoms with Crippen LogP contribution in [0.1, 0.15) is 10.4 Å². The molecule has 1 amide bonds. The van der Waals surface area contributed by atoms with Gasteiger partial charge in [-0.3, -0.25) is 10.1 Å². The van der Waals surface area contributed by atoms with Crippen LogP contribution in [0.2, 0.25) is 0 Å². The smallest absolute Gasteiger partial charge is 0.322 e. The average Bonchev–Trinajstić information content (AvgIpc) is 3.34. The molecule has 6 heteroatoms. The molecule has 0 aliphatic heterocycles. The predicted molar refractivity (Wildman–Crippen MR) is 97.4 cm³/mol. The Morgan fingerprint density at radius 1 is 0.880 bits per heavy atom. The molecule has 2 heterocycles. The van der Waals surface area contributed by atoms with Crippen molar-refractivity contribution >= 4 is 23.3 Å². The third-order valence-electron chi connectivity index (χ3n) is 3.67. The second kappa shape index (κ2) is 6.70. The van der Waals surface area contributed by atoms with Crippen LogP contribution in [0.15, 0.2) is 75.8 Å². The molecular weight excluding hydrogens is 334 g/mol. The number of thiophene rings is 1. The van der Waals surface area contributed by atoms with Crippen LogP contribution in [-0.4, -0.2) is 16.1 Å². The number of nitrogens with one attached hydrogen (secondary N) is 1. The molecule has 4 aromatic rings. The van der Waals surface area contributed by atoms with Gasteiger partial charge in [0.1, 0.15) is 0 Å². The molecule has 0 radical (unpaired) electrons. The first-order chi connectivity index (χ1) is 12.3. The van der Waals surface area contributed by atoms with Crippen molar-refractivity contribution in [3.63, 3.8) is 0 Å². The zero-order valence-corrected chi connectivity index (χ0v) is 13.9. The Morgan fingerprint density at radius 3 is 2.36 bits per heavy atom. The Labute approximate surface area is 148 Å². The lowest BCUT2D eigenvalue weighted by Crippen LogP contribution is -2.11. The van der Waals surface area contributed by atoms with E-state index in [4.69, 9.17) is 4.42 Å². The summed E-state index contributed by atoms with van der Waals surface area (Å²) in [5, 5.41) is 14.2. The number of rotatable bonds is 4. The predicted octanol–water partition coefficient (Wildman–Crippen LogP) is 4.72. The quantitative estimate of drug-likeness (QED) is 0.580. The molecule has 2 aromatic carbocycles. The van der Waals surface area contributed by atoms with E-state index in [0.29, 0.717) is 11.5 Å². The summed E-state index contributed by atoms with van der Waals surface area (Å²) in [7, 11) is 0. The number of hydrogen-bond donors (Lipinski definition) is 1. The fourth-order valence-electron chi connectivity index (χ4n) is 2.39. The third kappa shape index (κ3) is 3.34. The van der Waals surface area contributed by atoms with E-state index in [1.54, 1.807) is 12.1 Å². The molecule has 0 saturated heterocycles. The molecule has 0 fully saturated rings. The molecule has 0 saturated carbocycles. The van der Waals surface area contributed by atoms with Gasteiger partial charge in [0.25, 0.3) is 11.8 Å². The van der Waals surface area contributed by atoms with Gasteiger partial charge in [-0.1, -0.05) is 47.6 Å². The van der Waals surface area contributed by atoms with E-state index in [-0.39, 0.29) is 11.9 Å². The highest BCUT2D eigenvalue weighted by molar-refractivity contribution is 7.08. The Kier molecular flexibility index (Phi) is 4.10. The van der Waals surface area contributed by atoms with Crippen molar-refractivity contribution < 1.29 is 9.21 Å². The van der Waals surface area contributed by atoms with Crippen LogP contribution in [-0.2, 0) is 0 Å². The number of carbonyl (C=O) groups is 1. The Hall–Kier alpha value is -3.25. The highest BCUT2D eigenvalue weighted by Crippen LogP contribution is 2.23. The molecule has 0 aliphatic carbocycles. The van der Waals surface area contributed by atoms with E-state index in [2.05, 4.69) is 15.5 Å². The third-order valence-corrected chi connectivity index (χ3v) is 4.35. The molecule has 0 spiro atoms. The van der Waals surface area contributed by atoms with Gasteiger partial charge in [0.05, 0.1) is 0 Å². The SMILES string of the molecule is O=C(Nc1nnc(-c2ccsc2)o1)c1ccc(-c2ccccc2)cc1. The summed E-state index contributed by atoms with van der Waals surface area (Å²) in [6.07, 6.45) is 0. The number of benzene rings is 2. The van der Waals surface area contributed by atoms with Gasteiger partial charge < -0.3 is 4.42 Å². The maximum atomic E-state index is 12.3. The lowest BCUT2D eigenvalue weighted by atomic mass is 10.0. The van der Waals surface area contributed by atoms with Crippen molar-refractivity contribution in [2.75, 3.05) is 5.32 Å². The molecule has 2 aromatic heterocycles. The maximum Gasteiger partial charge on any atom is 0.322 e. The van der Waals surface area contributed by atoms with Crippen molar-refractivity contribution in [2.45, 2.75) is 0 Å². The minimum atomic E-state index is -0.292. The van der Waals surface area contributed by atoms with Gasteiger partial charge in [0.15, 0.2) is 0 Å². The van der Waals surface area contributed by atoms with Crippen molar-refractivity contribution in [1.29, 1.82) is 0 Å². The Balaban J connectivity index is 1.48. The first-order valence-corrected chi connectivity index (χ1v) is 8.57. The van der Waals surface area contributed by atoms with E-state index in [0.717, 1.165) is 16.7 Å². The number of carbonyl (C=O) groups excluding carboxylic acids is 1. The standard InChI is InChI=1S/C19H13N3O2S/c23-17(20-19-22-21-18(24-19)16-10-11-25-12-16)15-8-6-14(7-9-15)13-4-2-1-3-5-13/h1-12H,(H,20,22,23). The second-order valence-corrected chi connectivity index (χ2v) is 6.10. The van der Waals surface area contributed by atoms with Gasteiger partial charge in [-0.05, 0) is 34.7 Å². The van der Waals surface area contributed by atoms with Crippen molar-refractivity contribution in [3.05, 3.63) is 77.0 Å². The zero-order chi connectivity index (χ0) is 17.1. The average molecular weight is 347 g/mol. The number of hydrogen-bond acceptors (Lipinski definition) is 5. The summed E-state index contributed by atoms with van der Waals surface area (Å²) >= 11 is 1.54. The molecule has 25 heavy (non-hydrogen) atoms. The maximum absolute atomic E-state index is 12.3. The van der Waals surface area contributed by atoms with Gasteiger partial charge >= 0.3 is 6.01 Å². The molecule has 0 unspecified atom stereocenters.